The summed E-state index contributed by atoms with van der Waals surface area (Å²) in [6.45, 7) is 0.550. The van der Waals surface area contributed by atoms with Gasteiger partial charge in [0, 0.05) is 0 Å². The van der Waals surface area contributed by atoms with Gasteiger partial charge < -0.3 is 11.5 Å². The van der Waals surface area contributed by atoms with Crippen LogP contribution in [0.25, 0.3) is 0 Å². The Morgan fingerprint density at radius 1 is 0.605 bits per heavy atom. The van der Waals surface area contributed by atoms with Gasteiger partial charge >= 0.3 is 0 Å². The Hall–Kier alpha value is -4.34. The Kier molecular flexibility index (Phi) is 6.56. The summed E-state index contributed by atoms with van der Waals surface area (Å²) in [5.74, 6) is -4.47. The second-order valence-electron chi connectivity index (χ2n) is 10.3. The third-order valence-electron chi connectivity index (χ3n) is 8.12. The average molecular weight is 517 g/mol. The van der Waals surface area contributed by atoms with Crippen molar-refractivity contribution >= 4 is 35.4 Å². The van der Waals surface area contributed by atoms with Crippen molar-refractivity contribution in [2.75, 3.05) is 0 Å². The van der Waals surface area contributed by atoms with Crippen molar-refractivity contribution in [2.45, 2.75) is 25.9 Å². The summed E-state index contributed by atoms with van der Waals surface area (Å²) in [5.41, 5.74) is 12.3. The molecule has 196 valence electrons. The van der Waals surface area contributed by atoms with Crippen LogP contribution in [0.3, 0.4) is 0 Å². The number of nitrogens with two attached hydrogens (primary N) is 2. The number of primary amides is 2. The molecule has 2 heterocycles. The molecule has 2 aliphatic carbocycles. The average Bonchev–Trinajstić information content (AvgIpc) is 3.12. The van der Waals surface area contributed by atoms with E-state index >= 15 is 0 Å². The van der Waals surface area contributed by atoms with Gasteiger partial charge in [0.05, 0.1) is 48.6 Å². The fourth-order valence-electron chi connectivity index (χ4n) is 5.91. The van der Waals surface area contributed by atoms with Crippen molar-refractivity contribution in [1.29, 1.82) is 0 Å². The lowest BCUT2D eigenvalue weighted by molar-refractivity contribution is -0.142. The van der Waals surface area contributed by atoms with E-state index in [-0.39, 0.29) is 48.6 Å². The zero-order chi connectivity index (χ0) is 27.1. The molecule has 10 nitrogen and oxygen atoms in total. The summed E-state index contributed by atoms with van der Waals surface area (Å²) in [4.78, 5) is 73.5. The third kappa shape index (κ3) is 4.25. The molecule has 6 atom stereocenters. The first-order valence-corrected chi connectivity index (χ1v) is 12.6. The van der Waals surface area contributed by atoms with Gasteiger partial charge in [-0.05, 0) is 24.0 Å². The molecular formula is C28H28N4O6. The van der Waals surface area contributed by atoms with Crippen LogP contribution in [0.1, 0.15) is 24.0 Å². The molecule has 2 saturated carbocycles. The van der Waals surface area contributed by atoms with Crippen molar-refractivity contribution in [2.24, 2.45) is 47.0 Å². The van der Waals surface area contributed by atoms with Crippen LogP contribution in [0, 0.1) is 35.5 Å². The summed E-state index contributed by atoms with van der Waals surface area (Å²) < 4.78 is 0. The van der Waals surface area contributed by atoms with Crippen LogP contribution < -0.4 is 11.5 Å². The van der Waals surface area contributed by atoms with Crippen LogP contribution in [0.5, 0.6) is 0 Å². The Balaban J connectivity index is 0.000000155. The third-order valence-corrected chi connectivity index (χ3v) is 8.12. The van der Waals surface area contributed by atoms with Gasteiger partial charge in [0.1, 0.15) is 0 Å². The first kappa shape index (κ1) is 25.3. The summed E-state index contributed by atoms with van der Waals surface area (Å²) in [6, 6.07) is 18.7. The van der Waals surface area contributed by atoms with Crippen molar-refractivity contribution in [3.05, 3.63) is 71.8 Å². The minimum absolute atomic E-state index is 0.170. The van der Waals surface area contributed by atoms with Gasteiger partial charge in [0.15, 0.2) is 0 Å². The molecule has 0 radical (unpaired) electrons. The number of likely N-dealkylation sites (tertiary alicyclic amines) is 2. The number of hydrogen-bond acceptors (Lipinski definition) is 6. The number of amides is 6. The predicted molar refractivity (Wildman–Crippen MR) is 133 cm³/mol. The fourth-order valence-corrected chi connectivity index (χ4v) is 5.91. The number of carbonyl (C=O) groups excluding carboxylic acids is 6. The van der Waals surface area contributed by atoms with Gasteiger partial charge in [-0.15, -0.1) is 0 Å². The molecule has 2 aromatic carbocycles. The number of fused-ring (bicyclic) bond motifs is 2. The normalized spacial score (nSPS) is 29.1. The van der Waals surface area contributed by atoms with E-state index in [0.29, 0.717) is 12.8 Å². The van der Waals surface area contributed by atoms with E-state index < -0.39 is 35.5 Å². The Bertz CT molecular complexity index is 1210. The van der Waals surface area contributed by atoms with Crippen molar-refractivity contribution in [3.8, 4) is 0 Å². The highest BCUT2D eigenvalue weighted by Crippen LogP contribution is 2.48. The lowest BCUT2D eigenvalue weighted by atomic mass is 9.66. The predicted octanol–water partition coefficient (Wildman–Crippen LogP) is 0.586. The van der Waals surface area contributed by atoms with E-state index in [1.165, 1.54) is 9.80 Å². The molecule has 0 spiro atoms. The molecule has 6 rings (SSSR count). The van der Waals surface area contributed by atoms with Crippen LogP contribution in [-0.2, 0) is 41.9 Å². The minimum atomic E-state index is -0.520. The van der Waals surface area contributed by atoms with Crippen LogP contribution >= 0.6 is 0 Å². The van der Waals surface area contributed by atoms with Crippen LogP contribution in [0.4, 0.5) is 0 Å². The number of nitrogens with zero attached hydrogens (tertiary/aromatic N) is 2. The van der Waals surface area contributed by atoms with Crippen LogP contribution in [0.15, 0.2) is 60.7 Å². The zero-order valence-electron chi connectivity index (χ0n) is 20.6. The number of hydrogen-bond donors (Lipinski definition) is 2. The highest BCUT2D eigenvalue weighted by molar-refractivity contribution is 6.09. The molecule has 0 bridgehead atoms. The quantitative estimate of drug-likeness (QED) is 0.534. The molecule has 0 aromatic heterocycles. The van der Waals surface area contributed by atoms with E-state index in [1.54, 1.807) is 0 Å². The SMILES string of the molecule is NC(=O)[C@@H]1C[C@@H]2C(=O)N(Cc3ccccc3)C(=O)[C@@H]21.NC(=O)[C@H]1C[C@H]2C(=O)N(Cc3ccccc3)C(=O)[C@@H]12. The Morgan fingerprint density at radius 2 is 0.947 bits per heavy atom. The highest BCUT2D eigenvalue weighted by Gasteiger charge is 2.61. The zero-order valence-corrected chi connectivity index (χ0v) is 20.6. The minimum Gasteiger partial charge on any atom is -0.369 e. The molecular weight excluding hydrogens is 488 g/mol. The van der Waals surface area contributed by atoms with Gasteiger partial charge in [-0.3, -0.25) is 38.6 Å². The largest absolute Gasteiger partial charge is 0.369 e. The molecule has 2 aromatic rings. The van der Waals surface area contributed by atoms with Gasteiger partial charge in [-0.1, -0.05) is 60.7 Å². The van der Waals surface area contributed by atoms with E-state index in [9.17, 15) is 28.8 Å². The Morgan fingerprint density at radius 3 is 1.26 bits per heavy atom. The van der Waals surface area contributed by atoms with Gasteiger partial charge in [-0.2, -0.15) is 0 Å². The van der Waals surface area contributed by atoms with Gasteiger partial charge in [0.2, 0.25) is 35.4 Å². The summed E-state index contributed by atoms with van der Waals surface area (Å²) >= 11 is 0. The van der Waals surface area contributed by atoms with Crippen molar-refractivity contribution in [1.82, 2.24) is 9.80 Å². The maximum absolute atomic E-state index is 12.2. The fraction of sp³-hybridized carbons (Fsp3) is 0.357. The molecule has 38 heavy (non-hydrogen) atoms. The summed E-state index contributed by atoms with van der Waals surface area (Å²) in [5, 5.41) is 0. The summed E-state index contributed by atoms with van der Waals surface area (Å²) in [6.07, 6.45) is 0.825. The number of carbonyl (C=O) groups is 6. The monoisotopic (exact) mass is 516 g/mol. The molecule has 4 aliphatic rings. The van der Waals surface area contributed by atoms with E-state index in [2.05, 4.69) is 0 Å². The van der Waals surface area contributed by atoms with Crippen LogP contribution in [0.2, 0.25) is 0 Å². The first-order chi connectivity index (χ1) is 18.2. The van der Waals surface area contributed by atoms with E-state index in [4.69, 9.17) is 11.5 Å². The van der Waals surface area contributed by atoms with E-state index in [1.807, 2.05) is 60.7 Å². The molecule has 2 saturated heterocycles. The molecule has 2 aliphatic heterocycles. The standard InChI is InChI=1S/2C14H14N2O3/c2*15-12(17)9-6-10-11(9)14(19)16(13(10)18)7-8-4-2-1-3-5-8/h2*1-5,9-11H,6-7H2,(H2,15,17)/t2*9-,10+,11-/m10/s1. The Labute approximate surface area is 218 Å². The highest BCUT2D eigenvalue weighted by atomic mass is 16.2. The van der Waals surface area contributed by atoms with Crippen molar-refractivity contribution < 1.29 is 28.8 Å². The number of rotatable bonds is 6. The second-order valence-corrected chi connectivity index (χ2v) is 10.3. The van der Waals surface area contributed by atoms with E-state index in [0.717, 1.165) is 11.1 Å². The van der Waals surface area contributed by atoms with Gasteiger partial charge in [0.25, 0.3) is 0 Å². The molecule has 0 unspecified atom stereocenters. The topological polar surface area (TPSA) is 161 Å². The van der Waals surface area contributed by atoms with Crippen molar-refractivity contribution in [3.63, 3.8) is 0 Å². The molecule has 10 heteroatoms. The molecule has 4 fully saturated rings. The summed E-state index contributed by atoms with van der Waals surface area (Å²) in [7, 11) is 0. The molecule has 6 amide bonds. The maximum atomic E-state index is 12.2. The smallest absolute Gasteiger partial charge is 0.234 e. The lowest BCUT2D eigenvalue weighted by Gasteiger charge is -2.33. The maximum Gasteiger partial charge on any atom is 0.234 e. The number of benzene rings is 2. The van der Waals surface area contributed by atoms with Gasteiger partial charge in [-0.25, -0.2) is 0 Å². The van der Waals surface area contributed by atoms with Crippen LogP contribution in [-0.4, -0.2) is 45.2 Å². The lowest BCUT2D eigenvalue weighted by Crippen LogP contribution is -2.46. The number of imide groups is 2. The second kappa shape index (κ2) is 9.85. The molecule has 4 N–H and O–H groups in total. The first-order valence-electron chi connectivity index (χ1n) is 12.6.